The third kappa shape index (κ3) is 4.29. The van der Waals surface area contributed by atoms with Gasteiger partial charge in [-0.05, 0) is 88.6 Å². The zero-order chi connectivity index (χ0) is 32.8. The van der Waals surface area contributed by atoms with Crippen molar-refractivity contribution in [3.05, 3.63) is 164 Å². The van der Waals surface area contributed by atoms with Crippen LogP contribution in [-0.4, -0.2) is 0 Å². The molecule has 0 aliphatic carbocycles. The lowest BCUT2D eigenvalue weighted by Gasteiger charge is -2.26. The standard InChI is InChI=1S/C46H27NS3/c1-2-9-34-28(8-1)18-23-37-45-33(12-7-15-44(45)50-46(34)37)29-16-19-30(20-17-29)47(31-21-24-42-38(26-31)35-10-3-5-13-40(35)48-42)32-22-25-43-39(27-32)36-11-4-6-14-41(36)49-43/h1-27H. The number of fused-ring (bicyclic) bond motifs is 11. The molecule has 0 saturated heterocycles. The quantitative estimate of drug-likeness (QED) is 0.178. The number of anilines is 3. The van der Waals surface area contributed by atoms with Crippen molar-refractivity contribution in [2.75, 3.05) is 4.90 Å². The molecule has 50 heavy (non-hydrogen) atoms. The van der Waals surface area contributed by atoms with E-state index < -0.39 is 0 Å². The Hall–Kier alpha value is -5.52. The molecule has 0 fully saturated rings. The molecular formula is C46H27NS3. The topological polar surface area (TPSA) is 3.24 Å². The number of rotatable bonds is 4. The predicted octanol–water partition coefficient (Wildman–Crippen LogP) is 15.1. The fraction of sp³-hybridized carbons (Fsp3) is 0. The van der Waals surface area contributed by atoms with Gasteiger partial charge in [0.05, 0.1) is 0 Å². The molecule has 4 heteroatoms. The van der Waals surface area contributed by atoms with E-state index >= 15 is 0 Å². The SMILES string of the molecule is c1ccc2c(c1)ccc1c2sc2cccc(-c3ccc(N(c4ccc5sc6ccccc6c5c4)c4ccc5sc6ccccc6c5c4)cc3)c21. The van der Waals surface area contributed by atoms with Crippen molar-refractivity contribution in [2.24, 2.45) is 0 Å². The second-order valence-electron chi connectivity index (χ2n) is 12.9. The second-order valence-corrected chi connectivity index (χ2v) is 16.1. The first-order valence-corrected chi connectivity index (χ1v) is 19.3. The monoisotopic (exact) mass is 689 g/mol. The molecule has 0 unspecified atom stereocenters. The maximum atomic E-state index is 2.42. The molecule has 3 aromatic heterocycles. The number of nitrogens with zero attached hydrogens (tertiary/aromatic N) is 1. The Morgan fingerprint density at radius 2 is 0.900 bits per heavy atom. The minimum atomic E-state index is 1.14. The van der Waals surface area contributed by atoms with Gasteiger partial charge in [0.15, 0.2) is 0 Å². The van der Waals surface area contributed by atoms with E-state index in [9.17, 15) is 0 Å². The summed E-state index contributed by atoms with van der Waals surface area (Å²) >= 11 is 5.63. The number of benzene rings is 8. The van der Waals surface area contributed by atoms with Crippen LogP contribution in [0.1, 0.15) is 0 Å². The molecule has 3 heterocycles. The van der Waals surface area contributed by atoms with Crippen LogP contribution in [0.5, 0.6) is 0 Å². The first-order chi connectivity index (χ1) is 24.8. The summed E-state index contributed by atoms with van der Waals surface area (Å²) in [6, 6.07) is 60.7. The Bertz CT molecular complexity index is 2990. The van der Waals surface area contributed by atoms with Crippen molar-refractivity contribution in [1.29, 1.82) is 0 Å². The van der Waals surface area contributed by atoms with Gasteiger partial charge in [-0.3, -0.25) is 0 Å². The maximum absolute atomic E-state index is 2.42. The highest BCUT2D eigenvalue weighted by Crippen LogP contribution is 2.46. The number of thiophene rings is 3. The number of hydrogen-bond donors (Lipinski definition) is 0. The minimum Gasteiger partial charge on any atom is -0.310 e. The van der Waals surface area contributed by atoms with Crippen LogP contribution in [0.15, 0.2) is 164 Å². The maximum Gasteiger partial charge on any atom is 0.0468 e. The van der Waals surface area contributed by atoms with Gasteiger partial charge in [-0.1, -0.05) is 97.1 Å². The smallest absolute Gasteiger partial charge is 0.0468 e. The molecule has 0 amide bonds. The van der Waals surface area contributed by atoms with E-state index in [1.165, 1.54) is 82.4 Å². The first-order valence-electron chi connectivity index (χ1n) is 16.8. The van der Waals surface area contributed by atoms with E-state index in [1.807, 2.05) is 34.0 Å². The summed E-state index contributed by atoms with van der Waals surface area (Å²) in [4.78, 5) is 2.42. The summed E-state index contributed by atoms with van der Waals surface area (Å²) in [5.41, 5.74) is 5.96. The van der Waals surface area contributed by atoms with E-state index in [2.05, 4.69) is 169 Å². The molecule has 0 bridgehead atoms. The fourth-order valence-corrected chi connectivity index (χ4v) is 11.2. The molecule has 0 spiro atoms. The second kappa shape index (κ2) is 11.0. The minimum absolute atomic E-state index is 1.14. The molecule has 0 aliphatic heterocycles. The van der Waals surface area contributed by atoms with Gasteiger partial charge in [0, 0.05) is 77.6 Å². The molecule has 0 aliphatic rings. The fourth-order valence-electron chi connectivity index (χ4n) is 7.74. The van der Waals surface area contributed by atoms with Crippen molar-refractivity contribution in [1.82, 2.24) is 0 Å². The van der Waals surface area contributed by atoms with Gasteiger partial charge in [0.1, 0.15) is 0 Å². The van der Waals surface area contributed by atoms with Gasteiger partial charge < -0.3 is 4.90 Å². The zero-order valence-corrected chi connectivity index (χ0v) is 29.2. The summed E-state index contributed by atoms with van der Waals surface area (Å²) in [6.07, 6.45) is 0. The van der Waals surface area contributed by atoms with Crippen LogP contribution in [0.25, 0.3) is 82.4 Å². The van der Waals surface area contributed by atoms with Crippen molar-refractivity contribution < 1.29 is 0 Å². The van der Waals surface area contributed by atoms with Gasteiger partial charge in [-0.15, -0.1) is 34.0 Å². The Balaban J connectivity index is 1.09. The molecule has 234 valence electrons. The van der Waals surface area contributed by atoms with Crippen molar-refractivity contribution in [3.8, 4) is 11.1 Å². The van der Waals surface area contributed by atoms with E-state index in [-0.39, 0.29) is 0 Å². The Kier molecular flexibility index (Phi) is 6.23. The van der Waals surface area contributed by atoms with Gasteiger partial charge in [0.25, 0.3) is 0 Å². The van der Waals surface area contributed by atoms with Gasteiger partial charge >= 0.3 is 0 Å². The van der Waals surface area contributed by atoms with Crippen molar-refractivity contribution >= 4 is 122 Å². The zero-order valence-electron chi connectivity index (χ0n) is 26.8. The molecule has 0 saturated carbocycles. The predicted molar refractivity (Wildman–Crippen MR) is 223 cm³/mol. The summed E-state index contributed by atoms with van der Waals surface area (Å²) < 4.78 is 7.96. The Morgan fingerprint density at radius 3 is 1.58 bits per heavy atom. The highest BCUT2D eigenvalue weighted by Gasteiger charge is 2.18. The van der Waals surface area contributed by atoms with E-state index in [4.69, 9.17) is 0 Å². The van der Waals surface area contributed by atoms with Crippen LogP contribution in [0.4, 0.5) is 17.1 Å². The molecule has 0 atom stereocenters. The van der Waals surface area contributed by atoms with Crippen molar-refractivity contribution in [2.45, 2.75) is 0 Å². The average Bonchev–Trinajstić information content (AvgIpc) is 3.86. The van der Waals surface area contributed by atoms with Crippen LogP contribution in [0.3, 0.4) is 0 Å². The van der Waals surface area contributed by atoms with E-state index in [0.29, 0.717) is 0 Å². The van der Waals surface area contributed by atoms with Crippen LogP contribution >= 0.6 is 34.0 Å². The van der Waals surface area contributed by atoms with Crippen LogP contribution in [0.2, 0.25) is 0 Å². The molecular weight excluding hydrogens is 663 g/mol. The summed E-state index contributed by atoms with van der Waals surface area (Å²) in [7, 11) is 0. The van der Waals surface area contributed by atoms with Crippen LogP contribution in [-0.2, 0) is 0 Å². The Morgan fingerprint density at radius 1 is 0.340 bits per heavy atom. The van der Waals surface area contributed by atoms with E-state index in [0.717, 1.165) is 17.1 Å². The molecule has 11 rings (SSSR count). The third-order valence-electron chi connectivity index (χ3n) is 10.1. The first kappa shape index (κ1) is 28.3. The lowest BCUT2D eigenvalue weighted by atomic mass is 9.98. The van der Waals surface area contributed by atoms with Crippen LogP contribution in [0, 0.1) is 0 Å². The van der Waals surface area contributed by atoms with Gasteiger partial charge in [-0.25, -0.2) is 0 Å². The highest BCUT2D eigenvalue weighted by molar-refractivity contribution is 7.27. The van der Waals surface area contributed by atoms with Crippen LogP contribution < -0.4 is 4.90 Å². The van der Waals surface area contributed by atoms with Crippen molar-refractivity contribution in [3.63, 3.8) is 0 Å². The summed E-state index contributed by atoms with van der Waals surface area (Å²) in [5.74, 6) is 0. The van der Waals surface area contributed by atoms with E-state index in [1.54, 1.807) is 0 Å². The average molecular weight is 690 g/mol. The normalized spacial score (nSPS) is 12.0. The largest absolute Gasteiger partial charge is 0.310 e. The molecule has 0 radical (unpaired) electrons. The third-order valence-corrected chi connectivity index (χ3v) is 13.6. The summed E-state index contributed by atoms with van der Waals surface area (Å²) in [5, 5.41) is 10.5. The number of hydrogen-bond acceptors (Lipinski definition) is 4. The highest BCUT2D eigenvalue weighted by atomic mass is 32.1. The lowest BCUT2D eigenvalue weighted by Crippen LogP contribution is -2.09. The lowest BCUT2D eigenvalue weighted by molar-refractivity contribution is 1.30. The molecule has 11 aromatic rings. The molecule has 0 N–H and O–H groups in total. The van der Waals surface area contributed by atoms with Gasteiger partial charge in [0.2, 0.25) is 0 Å². The summed E-state index contributed by atoms with van der Waals surface area (Å²) in [6.45, 7) is 0. The molecule has 8 aromatic carbocycles. The Labute approximate surface area is 300 Å². The molecule has 1 nitrogen and oxygen atoms in total. The van der Waals surface area contributed by atoms with Gasteiger partial charge in [-0.2, -0.15) is 0 Å².